The van der Waals surface area contributed by atoms with Gasteiger partial charge in [0.2, 0.25) is 0 Å². The van der Waals surface area contributed by atoms with Crippen LogP contribution < -0.4 is 10.2 Å². The summed E-state index contributed by atoms with van der Waals surface area (Å²) in [6.07, 6.45) is 1.44. The zero-order valence-corrected chi connectivity index (χ0v) is 13.1. The molecule has 0 unspecified atom stereocenters. The van der Waals surface area contributed by atoms with Crippen molar-refractivity contribution in [1.82, 2.24) is 5.43 Å². The zero-order valence-electron chi connectivity index (χ0n) is 13.1. The van der Waals surface area contributed by atoms with Gasteiger partial charge in [-0.05, 0) is 41.3 Å². The maximum absolute atomic E-state index is 12.7. The van der Waals surface area contributed by atoms with Gasteiger partial charge in [0, 0.05) is 0 Å². The van der Waals surface area contributed by atoms with E-state index in [0.29, 0.717) is 17.2 Å². The largest absolute Gasteiger partial charge is 0.484 e. The van der Waals surface area contributed by atoms with Crippen LogP contribution in [0.1, 0.15) is 30.9 Å². The third-order valence-corrected chi connectivity index (χ3v) is 3.17. The number of benzene rings is 2. The molecule has 0 aliphatic carbocycles. The van der Waals surface area contributed by atoms with E-state index in [1.54, 1.807) is 18.2 Å². The van der Waals surface area contributed by atoms with Gasteiger partial charge in [-0.15, -0.1) is 0 Å². The number of nitrogens with zero attached hydrogens (tertiary/aromatic N) is 1. The van der Waals surface area contributed by atoms with Crippen LogP contribution in [0.4, 0.5) is 4.39 Å². The second-order valence-corrected chi connectivity index (χ2v) is 5.36. The number of carbonyl (C=O) groups is 1. The van der Waals surface area contributed by atoms with E-state index in [9.17, 15) is 9.18 Å². The number of rotatable bonds is 6. The minimum absolute atomic E-state index is 0.123. The monoisotopic (exact) mass is 314 g/mol. The van der Waals surface area contributed by atoms with E-state index >= 15 is 0 Å². The summed E-state index contributed by atoms with van der Waals surface area (Å²) in [5, 5.41) is 3.80. The van der Waals surface area contributed by atoms with E-state index < -0.39 is 0 Å². The highest BCUT2D eigenvalue weighted by Crippen LogP contribution is 2.19. The Morgan fingerprint density at radius 3 is 2.70 bits per heavy atom. The highest BCUT2D eigenvalue weighted by Gasteiger charge is 2.04. The minimum Gasteiger partial charge on any atom is -0.484 e. The van der Waals surface area contributed by atoms with Crippen LogP contribution in [0.2, 0.25) is 0 Å². The fourth-order valence-electron chi connectivity index (χ4n) is 1.87. The van der Waals surface area contributed by atoms with Crippen LogP contribution in [-0.4, -0.2) is 18.7 Å². The Kier molecular flexibility index (Phi) is 5.86. The lowest BCUT2D eigenvalue weighted by molar-refractivity contribution is -0.123. The van der Waals surface area contributed by atoms with Crippen molar-refractivity contribution in [1.29, 1.82) is 0 Å². The third-order valence-electron chi connectivity index (χ3n) is 3.17. The topological polar surface area (TPSA) is 50.7 Å². The molecular weight excluding hydrogens is 295 g/mol. The van der Waals surface area contributed by atoms with Crippen molar-refractivity contribution in [2.75, 3.05) is 6.61 Å². The van der Waals surface area contributed by atoms with Crippen molar-refractivity contribution in [3.05, 3.63) is 65.5 Å². The van der Waals surface area contributed by atoms with E-state index in [-0.39, 0.29) is 18.3 Å². The summed E-state index contributed by atoms with van der Waals surface area (Å²) in [4.78, 5) is 11.7. The maximum atomic E-state index is 12.7. The van der Waals surface area contributed by atoms with Gasteiger partial charge >= 0.3 is 0 Å². The van der Waals surface area contributed by atoms with E-state index in [4.69, 9.17) is 4.74 Å². The Morgan fingerprint density at radius 1 is 1.26 bits per heavy atom. The van der Waals surface area contributed by atoms with Crippen molar-refractivity contribution in [2.24, 2.45) is 5.10 Å². The van der Waals surface area contributed by atoms with Crippen LogP contribution in [0.25, 0.3) is 0 Å². The number of nitrogens with one attached hydrogen (secondary N) is 1. The van der Waals surface area contributed by atoms with Gasteiger partial charge in [0.1, 0.15) is 11.6 Å². The molecule has 0 heterocycles. The Morgan fingerprint density at radius 2 is 2.00 bits per heavy atom. The molecule has 120 valence electrons. The van der Waals surface area contributed by atoms with E-state index in [1.165, 1.54) is 18.3 Å². The lowest BCUT2D eigenvalue weighted by atomic mass is 10.0. The smallest absolute Gasteiger partial charge is 0.277 e. The molecule has 0 spiro atoms. The zero-order chi connectivity index (χ0) is 16.7. The molecule has 0 fully saturated rings. The summed E-state index contributed by atoms with van der Waals surface area (Å²) < 4.78 is 18.2. The number of hydrazone groups is 1. The molecule has 1 N–H and O–H groups in total. The van der Waals surface area contributed by atoms with Crippen LogP contribution in [0.15, 0.2) is 53.6 Å². The first kappa shape index (κ1) is 16.7. The molecule has 1 amide bonds. The van der Waals surface area contributed by atoms with Gasteiger partial charge in [0.25, 0.3) is 5.91 Å². The van der Waals surface area contributed by atoms with E-state index in [2.05, 4.69) is 24.4 Å². The van der Waals surface area contributed by atoms with Crippen molar-refractivity contribution in [3.8, 4) is 5.75 Å². The predicted octanol–water partition coefficient (Wildman–Crippen LogP) is 3.48. The Balaban J connectivity index is 1.81. The summed E-state index contributed by atoms with van der Waals surface area (Å²) in [6, 6.07) is 13.4. The first-order chi connectivity index (χ1) is 11.0. The number of halogens is 1. The molecule has 0 aromatic heterocycles. The molecular formula is C18H19FN2O2. The van der Waals surface area contributed by atoms with Gasteiger partial charge < -0.3 is 4.74 Å². The molecule has 5 heteroatoms. The molecule has 2 aromatic rings. The SMILES string of the molecule is CC(C)c1cccc(OCC(=O)N/N=C/c2ccc(F)cc2)c1. The van der Waals surface area contributed by atoms with Crippen molar-refractivity contribution in [2.45, 2.75) is 19.8 Å². The first-order valence-electron chi connectivity index (χ1n) is 7.35. The Hall–Kier alpha value is -2.69. The van der Waals surface area contributed by atoms with E-state index in [1.807, 2.05) is 18.2 Å². The Labute approximate surface area is 135 Å². The number of hydrogen-bond donors (Lipinski definition) is 1. The normalized spacial score (nSPS) is 11.0. The number of hydrogen-bond acceptors (Lipinski definition) is 3. The lowest BCUT2D eigenvalue weighted by Gasteiger charge is -2.09. The molecule has 0 bridgehead atoms. The molecule has 0 saturated heterocycles. The molecule has 0 atom stereocenters. The highest BCUT2D eigenvalue weighted by atomic mass is 19.1. The molecule has 4 nitrogen and oxygen atoms in total. The predicted molar refractivity (Wildman–Crippen MR) is 88.2 cm³/mol. The van der Waals surface area contributed by atoms with Crippen molar-refractivity contribution >= 4 is 12.1 Å². The Bertz CT molecular complexity index is 682. The summed E-state index contributed by atoms with van der Waals surface area (Å²) in [5.74, 6) is 0.364. The average molecular weight is 314 g/mol. The fraction of sp³-hybridized carbons (Fsp3) is 0.222. The number of amides is 1. The molecule has 2 aromatic carbocycles. The van der Waals surface area contributed by atoms with Crippen LogP contribution in [0.5, 0.6) is 5.75 Å². The molecule has 0 radical (unpaired) electrons. The number of carbonyl (C=O) groups excluding carboxylic acids is 1. The molecule has 23 heavy (non-hydrogen) atoms. The van der Waals surface area contributed by atoms with Gasteiger partial charge in [-0.25, -0.2) is 9.82 Å². The first-order valence-corrected chi connectivity index (χ1v) is 7.35. The fourth-order valence-corrected chi connectivity index (χ4v) is 1.87. The van der Waals surface area contributed by atoms with Crippen LogP contribution in [0, 0.1) is 5.82 Å². The molecule has 0 aliphatic rings. The third kappa shape index (κ3) is 5.54. The molecule has 2 rings (SSSR count). The van der Waals surface area contributed by atoms with Crippen LogP contribution in [0.3, 0.4) is 0 Å². The van der Waals surface area contributed by atoms with Gasteiger partial charge in [0.15, 0.2) is 6.61 Å². The summed E-state index contributed by atoms with van der Waals surface area (Å²) in [7, 11) is 0. The maximum Gasteiger partial charge on any atom is 0.277 e. The van der Waals surface area contributed by atoms with Crippen LogP contribution >= 0.6 is 0 Å². The number of ether oxygens (including phenoxy) is 1. The standard InChI is InChI=1S/C18H19FN2O2/c1-13(2)15-4-3-5-17(10-15)23-12-18(22)21-20-11-14-6-8-16(19)9-7-14/h3-11,13H,12H2,1-2H3,(H,21,22)/b20-11+. The van der Waals surface area contributed by atoms with Gasteiger partial charge in [-0.2, -0.15) is 5.10 Å². The second kappa shape index (κ2) is 8.08. The van der Waals surface area contributed by atoms with Gasteiger partial charge in [-0.3, -0.25) is 4.79 Å². The highest BCUT2D eigenvalue weighted by molar-refractivity contribution is 5.82. The summed E-state index contributed by atoms with van der Waals surface area (Å²) in [6.45, 7) is 4.06. The second-order valence-electron chi connectivity index (χ2n) is 5.36. The van der Waals surface area contributed by atoms with Gasteiger partial charge in [-0.1, -0.05) is 38.1 Å². The molecule has 0 saturated carbocycles. The molecule has 0 aliphatic heterocycles. The minimum atomic E-state index is -0.363. The summed E-state index contributed by atoms with van der Waals surface area (Å²) >= 11 is 0. The van der Waals surface area contributed by atoms with Crippen molar-refractivity contribution < 1.29 is 13.9 Å². The average Bonchev–Trinajstić information content (AvgIpc) is 2.55. The van der Waals surface area contributed by atoms with Crippen molar-refractivity contribution in [3.63, 3.8) is 0 Å². The summed E-state index contributed by atoms with van der Waals surface area (Å²) in [5.41, 5.74) is 4.21. The quantitative estimate of drug-likeness (QED) is 0.655. The van der Waals surface area contributed by atoms with Crippen LogP contribution in [-0.2, 0) is 4.79 Å². The van der Waals surface area contributed by atoms with Gasteiger partial charge in [0.05, 0.1) is 6.21 Å². The lowest BCUT2D eigenvalue weighted by Crippen LogP contribution is -2.24. The van der Waals surface area contributed by atoms with E-state index in [0.717, 1.165) is 5.56 Å².